The minimum atomic E-state index is 0. The Bertz CT molecular complexity index is 1560. The van der Waals surface area contributed by atoms with Crippen LogP contribution in [-0.4, -0.2) is 9.97 Å². The molecule has 3 aromatic heterocycles. The summed E-state index contributed by atoms with van der Waals surface area (Å²) in [5.74, 6) is 0. The number of allylic oxidation sites excluding steroid dienone is 4. The molecular formula is C36H44N4V. The smallest absolute Gasteiger partial charge is 0.657 e. The molecule has 0 spiro atoms. The van der Waals surface area contributed by atoms with Crippen molar-refractivity contribution in [1.82, 2.24) is 19.9 Å². The first kappa shape index (κ1) is 31.1. The molecule has 2 aliphatic heterocycles. The molecule has 3 aromatic rings. The van der Waals surface area contributed by atoms with Gasteiger partial charge in [0.2, 0.25) is 0 Å². The van der Waals surface area contributed by atoms with E-state index in [0.29, 0.717) is 0 Å². The zero-order valence-electron chi connectivity index (χ0n) is 26.2. The molecule has 0 saturated carbocycles. The Kier molecular flexibility index (Phi) is 9.87. The molecule has 1 radical (unpaired) electrons. The van der Waals surface area contributed by atoms with E-state index in [2.05, 4.69) is 79.7 Å². The minimum Gasteiger partial charge on any atom is -0.657 e. The Balaban J connectivity index is 0.00000387. The molecule has 41 heavy (non-hydrogen) atoms. The molecule has 0 atom stereocenters. The second kappa shape index (κ2) is 13.0. The molecule has 5 rings (SSSR count). The molecule has 213 valence electrons. The molecule has 0 aromatic carbocycles. The minimum absolute atomic E-state index is 0. The van der Waals surface area contributed by atoms with Gasteiger partial charge in [-0.15, -0.1) is 22.1 Å². The van der Waals surface area contributed by atoms with Crippen molar-refractivity contribution < 1.29 is 18.6 Å². The summed E-state index contributed by atoms with van der Waals surface area (Å²) in [5, 5.41) is 0. The second-order valence-corrected chi connectivity index (χ2v) is 10.8. The number of rotatable bonds is 8. The van der Waals surface area contributed by atoms with Gasteiger partial charge in [-0.05, 0) is 79.7 Å². The summed E-state index contributed by atoms with van der Waals surface area (Å²) in [6.07, 6.45) is 7.60. The van der Waals surface area contributed by atoms with Crippen LogP contribution in [0.15, 0.2) is 24.3 Å². The van der Waals surface area contributed by atoms with Crippen molar-refractivity contribution in [2.45, 2.75) is 107 Å². The standard InChI is InChI=1S/C36H44N4.V/c1-9-21-22(10-2)30-18-32-25(13-5)26(14-6)34(39-32)20-36-28(16-8)27(15-7)35(40-36)19-33-24(12-4)23(11-3)31(38-33)17-29(21)37-30;/h17-20H,9-16H2,1-8H3;/q-2;+2. The van der Waals surface area contributed by atoms with Crippen LogP contribution in [0.25, 0.3) is 44.4 Å². The SMILES string of the molecule is CCC1=C(CC)c2cc3[n-]c(cc4[n-]c(cc5nc(cc1n2)C(CC)=C5CC)c(CC)c4CC)c(CC)c3CC.[V+2]. The molecule has 0 fully saturated rings. The fourth-order valence-corrected chi connectivity index (χ4v) is 6.92. The first-order valence-electron chi connectivity index (χ1n) is 15.6. The molecule has 5 heteroatoms. The van der Waals surface area contributed by atoms with E-state index in [0.717, 1.165) is 96.2 Å². The summed E-state index contributed by atoms with van der Waals surface area (Å²) < 4.78 is 0. The number of fused-ring (bicyclic) bond motifs is 8. The van der Waals surface area contributed by atoms with Gasteiger partial charge in [-0.25, -0.2) is 9.97 Å². The van der Waals surface area contributed by atoms with Gasteiger partial charge in [0.1, 0.15) is 0 Å². The Morgan fingerprint density at radius 3 is 0.927 bits per heavy atom. The molecule has 5 heterocycles. The van der Waals surface area contributed by atoms with Crippen LogP contribution >= 0.6 is 0 Å². The zero-order chi connectivity index (χ0) is 28.6. The van der Waals surface area contributed by atoms with Gasteiger partial charge >= 0.3 is 18.6 Å². The van der Waals surface area contributed by atoms with Crippen LogP contribution in [0.1, 0.15) is 126 Å². The van der Waals surface area contributed by atoms with Crippen molar-refractivity contribution in [3.63, 3.8) is 0 Å². The van der Waals surface area contributed by atoms with Crippen molar-refractivity contribution >= 4 is 44.4 Å². The molecule has 0 N–H and O–H groups in total. The third-order valence-electron chi connectivity index (χ3n) is 8.82. The summed E-state index contributed by atoms with van der Waals surface area (Å²) in [7, 11) is 0. The van der Waals surface area contributed by atoms with Gasteiger partial charge in [-0.2, -0.15) is 0 Å². The maximum absolute atomic E-state index is 5.25. The van der Waals surface area contributed by atoms with Crippen LogP contribution in [-0.2, 0) is 44.2 Å². The van der Waals surface area contributed by atoms with Crippen molar-refractivity contribution in [3.05, 3.63) is 69.3 Å². The first-order chi connectivity index (χ1) is 19.5. The Morgan fingerprint density at radius 1 is 0.390 bits per heavy atom. The first-order valence-corrected chi connectivity index (χ1v) is 15.6. The molecule has 8 bridgehead atoms. The maximum atomic E-state index is 5.25. The van der Waals surface area contributed by atoms with E-state index in [1.54, 1.807) is 0 Å². The van der Waals surface area contributed by atoms with Crippen LogP contribution in [0.5, 0.6) is 0 Å². The summed E-state index contributed by atoms with van der Waals surface area (Å²) in [6, 6.07) is 8.98. The zero-order valence-corrected chi connectivity index (χ0v) is 27.6. The second-order valence-electron chi connectivity index (χ2n) is 10.8. The molecule has 2 aliphatic rings. The van der Waals surface area contributed by atoms with Gasteiger partial charge in [0.15, 0.2) is 0 Å². The molecule has 0 aliphatic carbocycles. The van der Waals surface area contributed by atoms with E-state index < -0.39 is 0 Å². The van der Waals surface area contributed by atoms with Crippen molar-refractivity contribution in [3.8, 4) is 0 Å². The van der Waals surface area contributed by atoms with Crippen LogP contribution in [0.4, 0.5) is 0 Å². The fraction of sp³-hybridized carbons (Fsp3) is 0.444. The van der Waals surface area contributed by atoms with Crippen LogP contribution < -0.4 is 9.97 Å². The van der Waals surface area contributed by atoms with E-state index in [1.165, 1.54) is 44.5 Å². The number of aryl methyl sites for hydroxylation is 4. The third kappa shape index (κ3) is 5.30. The number of aromatic nitrogens is 4. The van der Waals surface area contributed by atoms with Crippen LogP contribution in [0.2, 0.25) is 0 Å². The van der Waals surface area contributed by atoms with Crippen LogP contribution in [0, 0.1) is 0 Å². The van der Waals surface area contributed by atoms with Crippen molar-refractivity contribution in [2.24, 2.45) is 0 Å². The summed E-state index contributed by atoms with van der Waals surface area (Å²) in [6.45, 7) is 17.9. The summed E-state index contributed by atoms with van der Waals surface area (Å²) >= 11 is 0. The van der Waals surface area contributed by atoms with Gasteiger partial charge in [0.25, 0.3) is 0 Å². The Morgan fingerprint density at radius 2 is 0.659 bits per heavy atom. The topological polar surface area (TPSA) is 54.0 Å². The van der Waals surface area contributed by atoms with E-state index in [9.17, 15) is 0 Å². The number of nitrogens with zero attached hydrogens (tertiary/aromatic N) is 4. The van der Waals surface area contributed by atoms with Gasteiger partial charge in [-0.1, -0.05) is 95.8 Å². The molecular weight excluding hydrogens is 539 g/mol. The largest absolute Gasteiger partial charge is 2.00 e. The third-order valence-corrected chi connectivity index (χ3v) is 8.82. The average molecular weight is 584 g/mol. The predicted octanol–water partition coefficient (Wildman–Crippen LogP) is 9.28. The fourth-order valence-electron chi connectivity index (χ4n) is 6.92. The normalized spacial score (nSPS) is 13.3. The van der Waals surface area contributed by atoms with E-state index >= 15 is 0 Å². The number of hydrogen-bond donors (Lipinski definition) is 0. The molecule has 4 nitrogen and oxygen atoms in total. The van der Waals surface area contributed by atoms with E-state index in [4.69, 9.17) is 19.9 Å². The van der Waals surface area contributed by atoms with Gasteiger partial charge in [-0.3, -0.25) is 0 Å². The van der Waals surface area contributed by atoms with Crippen molar-refractivity contribution in [2.75, 3.05) is 0 Å². The average Bonchev–Trinajstić information content (AvgIpc) is 3.67. The van der Waals surface area contributed by atoms with E-state index in [-0.39, 0.29) is 18.6 Å². The molecule has 0 amide bonds. The van der Waals surface area contributed by atoms with Gasteiger partial charge in [0.05, 0.1) is 22.8 Å². The van der Waals surface area contributed by atoms with E-state index in [1.807, 2.05) is 0 Å². The Labute approximate surface area is 258 Å². The predicted molar refractivity (Wildman–Crippen MR) is 171 cm³/mol. The van der Waals surface area contributed by atoms with Crippen LogP contribution in [0.3, 0.4) is 0 Å². The summed E-state index contributed by atoms with van der Waals surface area (Å²) in [5.41, 5.74) is 19.1. The number of hydrogen-bond acceptors (Lipinski definition) is 2. The molecule has 0 unspecified atom stereocenters. The Hall–Kier alpha value is -2.82. The van der Waals surface area contributed by atoms with Gasteiger partial charge < -0.3 is 9.97 Å². The molecule has 0 saturated heterocycles. The maximum Gasteiger partial charge on any atom is 2.00 e. The van der Waals surface area contributed by atoms with Gasteiger partial charge in [0, 0.05) is 0 Å². The summed E-state index contributed by atoms with van der Waals surface area (Å²) in [4.78, 5) is 21.0. The quantitative estimate of drug-likeness (QED) is 0.265. The monoisotopic (exact) mass is 583 g/mol. The van der Waals surface area contributed by atoms with Crippen molar-refractivity contribution in [1.29, 1.82) is 0 Å².